The van der Waals surface area contributed by atoms with Gasteiger partial charge in [0.1, 0.15) is 6.54 Å². The Bertz CT molecular complexity index is 1370. The van der Waals surface area contributed by atoms with Crippen LogP contribution in [0.2, 0.25) is 0 Å². The van der Waals surface area contributed by atoms with E-state index in [2.05, 4.69) is 31.9 Å². The van der Waals surface area contributed by atoms with Crippen molar-refractivity contribution in [2.75, 3.05) is 6.54 Å². The Hall–Kier alpha value is -3.52. The lowest BCUT2D eigenvalue weighted by Gasteiger charge is -2.30. The summed E-state index contributed by atoms with van der Waals surface area (Å²) in [6, 6.07) is 9.43. The highest BCUT2D eigenvalue weighted by atomic mass is 79.9. The highest BCUT2D eigenvalue weighted by Gasteiger charge is 2.67. The minimum absolute atomic E-state index is 0.0456. The molecular weight excluding hydrogens is 632 g/mol. The van der Waals surface area contributed by atoms with E-state index in [9.17, 15) is 39.4 Å². The number of amides is 3. The van der Waals surface area contributed by atoms with E-state index in [1.165, 1.54) is 30.3 Å². The van der Waals surface area contributed by atoms with Crippen molar-refractivity contribution in [3.63, 3.8) is 0 Å². The van der Waals surface area contributed by atoms with E-state index in [-0.39, 0.29) is 44.0 Å². The van der Waals surface area contributed by atoms with E-state index in [1.807, 2.05) is 0 Å². The topological polar surface area (TPSA) is 161 Å². The molecule has 2 bridgehead atoms. The number of fused-ring (bicyclic) bond motifs is 5. The van der Waals surface area contributed by atoms with E-state index in [0.29, 0.717) is 6.42 Å². The summed E-state index contributed by atoms with van der Waals surface area (Å²) < 4.78 is 0. The first-order valence-electron chi connectivity index (χ1n) is 11.5. The second kappa shape index (κ2) is 9.66. The Labute approximate surface area is 231 Å². The number of carbonyl (C=O) groups excluding carboxylic acids is 4. The van der Waals surface area contributed by atoms with Crippen molar-refractivity contribution in [2.24, 2.45) is 23.7 Å². The van der Waals surface area contributed by atoms with Gasteiger partial charge in [0.25, 0.3) is 29.1 Å². The smallest absolute Gasteiger partial charge is 0.273 e. The minimum Gasteiger partial charge on any atom is -0.292 e. The number of hydrazine groups is 1. The third-order valence-corrected chi connectivity index (χ3v) is 10.6. The van der Waals surface area contributed by atoms with E-state index in [0.717, 1.165) is 28.2 Å². The fraction of sp³-hybridized carbons (Fsp3) is 0.333. The van der Waals surface area contributed by atoms with Gasteiger partial charge < -0.3 is 0 Å². The summed E-state index contributed by atoms with van der Waals surface area (Å²) in [6.07, 6.45) is 0.662. The van der Waals surface area contributed by atoms with Crippen molar-refractivity contribution >= 4 is 66.7 Å². The average molecular weight is 650 g/mol. The van der Waals surface area contributed by atoms with Gasteiger partial charge in [-0.1, -0.05) is 44.0 Å². The number of carbonyl (C=O) groups is 4. The lowest BCUT2D eigenvalue weighted by atomic mass is 9.81. The van der Waals surface area contributed by atoms with E-state index < -0.39 is 51.7 Å². The lowest BCUT2D eigenvalue weighted by molar-refractivity contribution is -0.385. The van der Waals surface area contributed by atoms with Crippen LogP contribution in [0.25, 0.3) is 0 Å². The Morgan fingerprint density at radius 1 is 0.868 bits per heavy atom. The Morgan fingerprint density at radius 2 is 1.42 bits per heavy atom. The molecule has 196 valence electrons. The maximum Gasteiger partial charge on any atom is 0.273 e. The molecule has 5 rings (SSSR count). The van der Waals surface area contributed by atoms with Crippen LogP contribution in [0.4, 0.5) is 11.4 Å². The van der Waals surface area contributed by atoms with E-state index in [4.69, 9.17) is 0 Å². The van der Waals surface area contributed by atoms with Crippen LogP contribution in [0.15, 0.2) is 48.5 Å². The zero-order valence-electron chi connectivity index (χ0n) is 19.3. The van der Waals surface area contributed by atoms with Gasteiger partial charge in [0, 0.05) is 45.0 Å². The molecule has 2 aromatic carbocycles. The summed E-state index contributed by atoms with van der Waals surface area (Å²) >= 11 is 7.20. The number of ketones is 1. The van der Waals surface area contributed by atoms with Crippen molar-refractivity contribution in [1.29, 1.82) is 0 Å². The fourth-order valence-corrected chi connectivity index (χ4v) is 7.57. The van der Waals surface area contributed by atoms with Crippen LogP contribution >= 0.6 is 31.9 Å². The molecule has 12 nitrogen and oxygen atoms in total. The van der Waals surface area contributed by atoms with Crippen molar-refractivity contribution in [3.8, 4) is 0 Å². The molecular formula is C24H18Br2N4O8. The molecule has 1 saturated heterocycles. The molecule has 0 spiro atoms. The Kier molecular flexibility index (Phi) is 6.63. The standard InChI is InChI=1S/C24H18Br2N4O8/c25-20-15-9-16(21(20)26)19-18(15)23(33)28(24(19)34)27(22(32)11-4-6-13(7-5-11)29(35)36)10-17(31)12-2-1-3-14(8-12)30(37)38/h1-8,15-16,18-21H,9-10H2/t15-,16-,18-,19-,20+,21+/m1/s1. The van der Waals surface area contributed by atoms with Crippen LogP contribution < -0.4 is 0 Å². The predicted octanol–water partition coefficient (Wildman–Crippen LogP) is 3.52. The second-order valence-corrected chi connectivity index (χ2v) is 11.5. The van der Waals surface area contributed by atoms with Gasteiger partial charge >= 0.3 is 0 Å². The van der Waals surface area contributed by atoms with Gasteiger partial charge in [0.15, 0.2) is 5.78 Å². The van der Waals surface area contributed by atoms with Gasteiger partial charge in [-0.25, -0.2) is 5.01 Å². The average Bonchev–Trinajstić information content (AvgIpc) is 3.51. The summed E-state index contributed by atoms with van der Waals surface area (Å²) in [5.74, 6) is -4.42. The van der Waals surface area contributed by atoms with Gasteiger partial charge in [0.05, 0.1) is 21.7 Å². The normalized spacial score (nSPS) is 27.4. The number of hydrogen-bond acceptors (Lipinski definition) is 8. The number of nitrogens with zero attached hydrogens (tertiary/aromatic N) is 4. The maximum atomic E-state index is 13.6. The summed E-state index contributed by atoms with van der Waals surface area (Å²) in [5.41, 5.74) is -0.775. The van der Waals surface area contributed by atoms with Gasteiger partial charge in [-0.2, -0.15) is 5.01 Å². The number of hydrogen-bond donors (Lipinski definition) is 0. The quantitative estimate of drug-likeness (QED) is 0.145. The SMILES string of the molecule is O=C(CN(C(=O)c1ccc([N+](=O)[O-])cc1)N1C(=O)[C@@H]2[C@H]3C[C@@H]([C@H](Br)[C@H]3Br)[C@H]2C1=O)c1cccc([N+](=O)[O-])c1. The lowest BCUT2D eigenvalue weighted by Crippen LogP contribution is -2.52. The van der Waals surface area contributed by atoms with Crippen LogP contribution in [-0.2, 0) is 9.59 Å². The summed E-state index contributed by atoms with van der Waals surface area (Å²) in [4.78, 5) is 74.8. The first kappa shape index (κ1) is 26.1. The second-order valence-electron chi connectivity index (χ2n) is 9.39. The Balaban J connectivity index is 1.51. The van der Waals surface area contributed by atoms with Crippen molar-refractivity contribution in [3.05, 3.63) is 79.9 Å². The number of imide groups is 1. The van der Waals surface area contributed by atoms with Crippen molar-refractivity contribution in [2.45, 2.75) is 16.1 Å². The van der Waals surface area contributed by atoms with Crippen LogP contribution in [0.1, 0.15) is 27.1 Å². The molecule has 14 heteroatoms. The zero-order valence-corrected chi connectivity index (χ0v) is 22.5. The van der Waals surface area contributed by atoms with Crippen LogP contribution in [-0.4, -0.2) is 59.6 Å². The number of halogens is 2. The molecule has 3 aliphatic rings. The molecule has 2 saturated carbocycles. The minimum atomic E-state index is -0.890. The van der Waals surface area contributed by atoms with Gasteiger partial charge in [0.2, 0.25) is 0 Å². The van der Waals surface area contributed by atoms with Gasteiger partial charge in [-0.3, -0.25) is 39.4 Å². The molecule has 0 radical (unpaired) electrons. The number of alkyl halides is 2. The molecule has 2 aliphatic carbocycles. The molecule has 0 unspecified atom stereocenters. The molecule has 0 N–H and O–H groups in total. The van der Waals surface area contributed by atoms with Crippen molar-refractivity contribution in [1.82, 2.24) is 10.0 Å². The highest BCUT2D eigenvalue weighted by molar-refractivity contribution is 9.12. The monoisotopic (exact) mass is 648 g/mol. The van der Waals surface area contributed by atoms with Gasteiger partial charge in [-0.05, 0) is 30.4 Å². The first-order chi connectivity index (χ1) is 18.0. The first-order valence-corrected chi connectivity index (χ1v) is 13.3. The predicted molar refractivity (Wildman–Crippen MR) is 137 cm³/mol. The molecule has 6 atom stereocenters. The third kappa shape index (κ3) is 4.11. The Morgan fingerprint density at radius 3 is 1.95 bits per heavy atom. The van der Waals surface area contributed by atoms with Crippen LogP contribution in [0.3, 0.4) is 0 Å². The molecule has 2 aromatic rings. The fourth-order valence-electron chi connectivity index (χ4n) is 5.70. The number of nitro groups is 2. The number of non-ortho nitro benzene ring substituents is 2. The molecule has 1 aliphatic heterocycles. The summed E-state index contributed by atoms with van der Waals surface area (Å²) in [5, 5.41) is 23.7. The van der Waals surface area contributed by atoms with Crippen LogP contribution in [0, 0.1) is 43.9 Å². The van der Waals surface area contributed by atoms with Crippen molar-refractivity contribution < 1.29 is 29.0 Å². The van der Waals surface area contributed by atoms with E-state index in [1.54, 1.807) is 0 Å². The molecule has 3 fully saturated rings. The highest BCUT2D eigenvalue weighted by Crippen LogP contribution is 2.60. The largest absolute Gasteiger partial charge is 0.292 e. The zero-order chi connectivity index (χ0) is 27.5. The maximum absolute atomic E-state index is 13.6. The number of nitro benzene ring substituents is 2. The molecule has 1 heterocycles. The molecule has 3 amide bonds. The van der Waals surface area contributed by atoms with E-state index >= 15 is 0 Å². The number of rotatable bonds is 7. The van der Waals surface area contributed by atoms with Crippen LogP contribution in [0.5, 0.6) is 0 Å². The van der Waals surface area contributed by atoms with Gasteiger partial charge in [-0.15, -0.1) is 0 Å². The number of benzene rings is 2. The number of Topliss-reactive ketones (excluding diaryl/α,β-unsaturated/α-hetero) is 1. The summed E-state index contributed by atoms with van der Waals surface area (Å²) in [7, 11) is 0. The molecule has 0 aromatic heterocycles. The third-order valence-electron chi connectivity index (χ3n) is 7.44. The summed E-state index contributed by atoms with van der Waals surface area (Å²) in [6.45, 7) is -0.751. The molecule has 38 heavy (non-hydrogen) atoms.